The summed E-state index contributed by atoms with van der Waals surface area (Å²) in [5.41, 5.74) is 1.47. The number of hydrogen-bond acceptors (Lipinski definition) is 0. The Morgan fingerprint density at radius 3 is 1.43 bits per heavy atom. The van der Waals surface area contributed by atoms with Crippen molar-refractivity contribution in [2.45, 2.75) is 200 Å². The summed E-state index contributed by atoms with van der Waals surface area (Å²) in [7, 11) is 0. The summed E-state index contributed by atoms with van der Waals surface area (Å²) in [6.45, 7) is 6.97. The minimum atomic E-state index is 1.15. The van der Waals surface area contributed by atoms with Crippen LogP contribution in [0.15, 0.2) is 42.7 Å². The van der Waals surface area contributed by atoms with E-state index in [1.165, 1.54) is 185 Å². The number of benzene rings is 1. The van der Waals surface area contributed by atoms with Gasteiger partial charge in [0, 0.05) is 6.42 Å². The van der Waals surface area contributed by atoms with Gasteiger partial charge in [0.2, 0.25) is 0 Å². The van der Waals surface area contributed by atoms with E-state index in [4.69, 9.17) is 0 Å². The third-order valence-corrected chi connectivity index (χ3v) is 9.30. The van der Waals surface area contributed by atoms with Crippen LogP contribution in [0.5, 0.6) is 0 Å². The van der Waals surface area contributed by atoms with Crippen LogP contribution in [-0.2, 0) is 25.9 Å². The Kier molecular flexibility index (Phi) is 23.6. The maximum absolute atomic E-state index is 2.61. The maximum Gasteiger partial charge on any atom is 0.256 e. The first-order chi connectivity index (χ1) is 20.8. The molecule has 0 fully saturated rings. The molecular weight excluding hydrogens is 508 g/mol. The van der Waals surface area contributed by atoms with E-state index in [-0.39, 0.29) is 0 Å². The van der Waals surface area contributed by atoms with Crippen LogP contribution in [0.4, 0.5) is 0 Å². The number of unbranched alkanes of at least 4 members (excludes halogenated alkanes) is 22. The van der Waals surface area contributed by atoms with Crippen molar-refractivity contribution in [2.24, 2.45) is 0 Å². The molecule has 0 saturated heterocycles. The van der Waals surface area contributed by atoms with Crippen molar-refractivity contribution < 1.29 is 4.57 Å². The van der Waals surface area contributed by atoms with Gasteiger partial charge in [-0.1, -0.05) is 179 Å². The molecule has 1 aromatic heterocycles. The predicted molar refractivity (Wildman–Crippen MR) is 185 cm³/mol. The smallest absolute Gasteiger partial charge is 0.234 e. The molecule has 0 bridgehead atoms. The Morgan fingerprint density at radius 2 is 0.929 bits per heavy atom. The van der Waals surface area contributed by atoms with Crippen LogP contribution in [0.2, 0.25) is 0 Å². The molecule has 0 aliphatic carbocycles. The van der Waals surface area contributed by atoms with Gasteiger partial charge in [0.15, 0.2) is 0 Å². The molecule has 240 valence electrons. The number of imidazole rings is 1. The van der Waals surface area contributed by atoms with Gasteiger partial charge in [0.05, 0.1) is 13.1 Å². The number of aryl methyl sites for hydroxylation is 3. The lowest BCUT2D eigenvalue weighted by atomic mass is 10.0. The van der Waals surface area contributed by atoms with E-state index in [0.29, 0.717) is 0 Å². The Labute approximate surface area is 263 Å². The van der Waals surface area contributed by atoms with Gasteiger partial charge in [-0.3, -0.25) is 0 Å². The molecule has 2 heteroatoms. The lowest BCUT2D eigenvalue weighted by Crippen LogP contribution is -2.37. The molecule has 0 N–H and O–H groups in total. The molecule has 42 heavy (non-hydrogen) atoms. The normalized spacial score (nSPS) is 11.5. The minimum Gasteiger partial charge on any atom is -0.234 e. The summed E-state index contributed by atoms with van der Waals surface area (Å²) in [5.74, 6) is 1.58. The Bertz CT molecular complexity index is 823. The van der Waals surface area contributed by atoms with Crippen LogP contribution < -0.4 is 4.57 Å². The van der Waals surface area contributed by atoms with E-state index >= 15 is 0 Å². The molecule has 0 spiro atoms. The molecule has 1 heterocycles. The zero-order chi connectivity index (χ0) is 29.8. The fourth-order valence-corrected chi connectivity index (χ4v) is 6.54. The van der Waals surface area contributed by atoms with Gasteiger partial charge in [-0.2, -0.15) is 0 Å². The molecule has 0 aliphatic rings. The summed E-state index contributed by atoms with van der Waals surface area (Å²) < 4.78 is 5.19. The second-order valence-corrected chi connectivity index (χ2v) is 13.2. The molecule has 2 aromatic rings. The Balaban J connectivity index is 1.64. The van der Waals surface area contributed by atoms with Crippen LogP contribution in [0.3, 0.4) is 0 Å². The van der Waals surface area contributed by atoms with Crippen molar-refractivity contribution in [3.8, 4) is 0 Å². The van der Waals surface area contributed by atoms with Crippen LogP contribution in [-0.4, -0.2) is 4.57 Å². The molecule has 0 aliphatic heterocycles. The fourth-order valence-electron chi connectivity index (χ4n) is 6.54. The first-order valence-electron chi connectivity index (χ1n) is 19.0. The summed E-state index contributed by atoms with van der Waals surface area (Å²) >= 11 is 0. The van der Waals surface area contributed by atoms with Crippen LogP contribution in [0.25, 0.3) is 0 Å². The van der Waals surface area contributed by atoms with Gasteiger partial charge in [-0.15, -0.1) is 0 Å². The topological polar surface area (TPSA) is 8.81 Å². The van der Waals surface area contributed by atoms with Gasteiger partial charge >= 0.3 is 0 Å². The van der Waals surface area contributed by atoms with E-state index in [1.54, 1.807) is 5.82 Å². The number of nitrogens with zero attached hydrogens (tertiary/aromatic N) is 2. The molecule has 2 nitrogen and oxygen atoms in total. The van der Waals surface area contributed by atoms with Crippen LogP contribution in [0, 0.1) is 0 Å². The molecule has 2 rings (SSSR count). The van der Waals surface area contributed by atoms with Gasteiger partial charge in [0.1, 0.15) is 12.4 Å². The summed E-state index contributed by atoms with van der Waals surface area (Å²) in [5, 5.41) is 0. The third-order valence-electron chi connectivity index (χ3n) is 9.30. The van der Waals surface area contributed by atoms with Crippen molar-refractivity contribution in [3.63, 3.8) is 0 Å². The zero-order valence-electron chi connectivity index (χ0n) is 28.4. The first-order valence-corrected chi connectivity index (χ1v) is 19.0. The van der Waals surface area contributed by atoms with Crippen molar-refractivity contribution in [2.75, 3.05) is 0 Å². The maximum atomic E-state index is 2.61. The lowest BCUT2D eigenvalue weighted by molar-refractivity contribution is -0.704. The highest BCUT2D eigenvalue weighted by atomic mass is 15.1. The summed E-state index contributed by atoms with van der Waals surface area (Å²) in [6, 6.07) is 11.0. The number of hydrogen-bond donors (Lipinski definition) is 0. The van der Waals surface area contributed by atoms with E-state index < -0.39 is 0 Å². The van der Waals surface area contributed by atoms with Gasteiger partial charge in [-0.05, 0) is 37.7 Å². The monoisotopic (exact) mass is 580 g/mol. The Hall–Kier alpha value is -1.57. The highest BCUT2D eigenvalue weighted by Gasteiger charge is 2.16. The minimum absolute atomic E-state index is 1.15. The SMILES string of the molecule is CCCCCCCCCCCCCCCCc1n(CCCCCCCCCCCC)cc[n+]1CCCc1ccccc1. The highest BCUT2D eigenvalue weighted by molar-refractivity contribution is 5.14. The summed E-state index contributed by atoms with van der Waals surface area (Å²) in [4.78, 5) is 0. The second kappa shape index (κ2) is 27.0. The molecule has 0 saturated carbocycles. The molecule has 1 aromatic carbocycles. The van der Waals surface area contributed by atoms with Crippen LogP contribution in [0.1, 0.15) is 186 Å². The van der Waals surface area contributed by atoms with Gasteiger partial charge in [0.25, 0.3) is 5.82 Å². The number of rotatable bonds is 30. The fraction of sp³-hybridized carbons (Fsp3) is 0.775. The Morgan fingerprint density at radius 1 is 0.476 bits per heavy atom. The van der Waals surface area contributed by atoms with E-state index in [0.717, 1.165) is 6.54 Å². The standard InChI is InChI=1S/C40H71N2/c1-3-5-7-9-11-13-15-16-17-18-19-21-23-28-34-40-41(35-29-24-22-20-14-12-10-8-6-4-2)37-38-42(40)36-30-33-39-31-26-25-27-32-39/h25-27,31-32,37-38H,3-24,28-30,33-36H2,1-2H3/q+1. The summed E-state index contributed by atoms with van der Waals surface area (Å²) in [6.07, 6.45) is 42.6. The van der Waals surface area contributed by atoms with Gasteiger partial charge < -0.3 is 0 Å². The zero-order valence-corrected chi connectivity index (χ0v) is 28.4. The van der Waals surface area contributed by atoms with Crippen LogP contribution >= 0.6 is 0 Å². The van der Waals surface area contributed by atoms with E-state index in [2.05, 4.69) is 65.7 Å². The van der Waals surface area contributed by atoms with Gasteiger partial charge in [-0.25, -0.2) is 9.13 Å². The third kappa shape index (κ3) is 18.9. The molecule has 0 radical (unpaired) electrons. The largest absolute Gasteiger partial charge is 0.256 e. The molecule has 0 atom stereocenters. The predicted octanol–water partition coefficient (Wildman–Crippen LogP) is 12.4. The average molecular weight is 580 g/mol. The first kappa shape index (κ1) is 36.6. The molecule has 0 unspecified atom stereocenters. The molecule has 0 amide bonds. The molecular formula is C40H71N2+. The van der Waals surface area contributed by atoms with E-state index in [1.807, 2.05) is 0 Å². The van der Waals surface area contributed by atoms with Crippen molar-refractivity contribution >= 4 is 0 Å². The van der Waals surface area contributed by atoms with Crippen molar-refractivity contribution in [3.05, 3.63) is 54.1 Å². The van der Waals surface area contributed by atoms with E-state index in [9.17, 15) is 0 Å². The lowest BCUT2D eigenvalue weighted by Gasteiger charge is -2.07. The second-order valence-electron chi connectivity index (χ2n) is 13.2. The van der Waals surface area contributed by atoms with Crippen molar-refractivity contribution in [1.29, 1.82) is 0 Å². The van der Waals surface area contributed by atoms with Crippen molar-refractivity contribution in [1.82, 2.24) is 4.57 Å². The number of aromatic nitrogens is 2. The quantitative estimate of drug-likeness (QED) is 0.0643. The average Bonchev–Trinajstić information content (AvgIpc) is 3.39. The highest BCUT2D eigenvalue weighted by Crippen LogP contribution is 2.15.